The van der Waals surface area contributed by atoms with Crippen LogP contribution in [0.1, 0.15) is 30.7 Å². The van der Waals surface area contributed by atoms with Gasteiger partial charge in [-0.1, -0.05) is 12.1 Å². The number of rotatable bonds is 3. The largest absolute Gasteiger partial charge is 0.480 e. The molecule has 3 rings (SSSR count). The van der Waals surface area contributed by atoms with E-state index >= 15 is 0 Å². The van der Waals surface area contributed by atoms with Crippen LogP contribution in [0.15, 0.2) is 24.3 Å². The fraction of sp³-hybridized carbons (Fsp3) is 0.500. The van der Waals surface area contributed by atoms with Gasteiger partial charge in [0.15, 0.2) is 0 Å². The number of nitrogens with zero attached hydrogens (tertiary/aromatic N) is 1. The van der Waals surface area contributed by atoms with E-state index in [0.717, 1.165) is 18.7 Å². The third kappa shape index (κ3) is 1.77. The number of anilines is 1. The molecule has 1 aromatic carbocycles. The Balaban J connectivity index is 1.74. The zero-order chi connectivity index (χ0) is 12.8. The normalized spacial score (nSPS) is 30.5. The quantitative estimate of drug-likeness (QED) is 0.849. The van der Waals surface area contributed by atoms with Crippen molar-refractivity contribution in [3.05, 3.63) is 29.8 Å². The van der Waals surface area contributed by atoms with Crippen LogP contribution in [-0.2, 0) is 4.79 Å². The summed E-state index contributed by atoms with van der Waals surface area (Å²) >= 11 is 0. The third-order valence-electron chi connectivity index (χ3n) is 4.17. The summed E-state index contributed by atoms with van der Waals surface area (Å²) in [6.45, 7) is 2.25. The Hall–Kier alpha value is -1.55. The van der Waals surface area contributed by atoms with Gasteiger partial charge in [-0.3, -0.25) is 4.79 Å². The molecule has 2 atom stereocenters. The Labute approximate surface area is 106 Å². The molecule has 96 valence electrons. The molecular formula is C14H18N2O2. The summed E-state index contributed by atoms with van der Waals surface area (Å²) in [7, 11) is 0. The summed E-state index contributed by atoms with van der Waals surface area (Å²) in [5.41, 5.74) is 7.06. The van der Waals surface area contributed by atoms with Crippen molar-refractivity contribution in [3.8, 4) is 0 Å². The molecule has 2 unspecified atom stereocenters. The first-order chi connectivity index (χ1) is 8.61. The molecule has 1 aliphatic carbocycles. The van der Waals surface area contributed by atoms with Gasteiger partial charge >= 0.3 is 5.97 Å². The minimum absolute atomic E-state index is 0.0253. The van der Waals surface area contributed by atoms with E-state index in [4.69, 9.17) is 10.8 Å². The van der Waals surface area contributed by atoms with E-state index in [0.29, 0.717) is 6.42 Å². The highest BCUT2D eigenvalue weighted by Crippen LogP contribution is 2.49. The number of hydrogen-bond acceptors (Lipinski definition) is 3. The summed E-state index contributed by atoms with van der Waals surface area (Å²) in [5, 5.41) is 9.04. The van der Waals surface area contributed by atoms with Crippen LogP contribution in [0.3, 0.4) is 0 Å². The number of hydrogen-bond donors (Lipinski definition) is 2. The van der Waals surface area contributed by atoms with Gasteiger partial charge in [-0.25, -0.2) is 0 Å². The molecule has 0 bridgehead atoms. The number of benzene rings is 1. The van der Waals surface area contributed by atoms with E-state index in [9.17, 15) is 4.79 Å². The van der Waals surface area contributed by atoms with E-state index in [-0.39, 0.29) is 5.92 Å². The van der Waals surface area contributed by atoms with Gasteiger partial charge < -0.3 is 15.7 Å². The Morgan fingerprint density at radius 3 is 2.39 bits per heavy atom. The summed E-state index contributed by atoms with van der Waals surface area (Å²) in [4.78, 5) is 13.4. The first-order valence-corrected chi connectivity index (χ1v) is 6.48. The second kappa shape index (κ2) is 3.99. The van der Waals surface area contributed by atoms with Gasteiger partial charge in [-0.15, -0.1) is 0 Å². The summed E-state index contributed by atoms with van der Waals surface area (Å²) in [6.07, 6.45) is 3.07. The molecule has 0 amide bonds. The standard InChI is InChI=1S/C14H18N2O2/c15-14(13(17)18)9-12(14)10-3-5-11(6-4-10)16-7-1-2-8-16/h3-6,12H,1-2,7-9,15H2,(H,17,18). The van der Waals surface area contributed by atoms with Gasteiger partial charge in [0, 0.05) is 24.7 Å². The Morgan fingerprint density at radius 1 is 1.28 bits per heavy atom. The average Bonchev–Trinajstić information content (AvgIpc) is 2.84. The molecule has 2 fully saturated rings. The van der Waals surface area contributed by atoms with Crippen molar-refractivity contribution < 1.29 is 9.90 Å². The third-order valence-corrected chi connectivity index (χ3v) is 4.17. The maximum atomic E-state index is 11.0. The van der Waals surface area contributed by atoms with E-state index in [2.05, 4.69) is 17.0 Å². The average molecular weight is 246 g/mol. The monoisotopic (exact) mass is 246 g/mol. The minimum atomic E-state index is -1.03. The molecule has 1 saturated carbocycles. The second-order valence-corrected chi connectivity index (χ2v) is 5.39. The van der Waals surface area contributed by atoms with Crippen LogP contribution in [-0.4, -0.2) is 29.7 Å². The molecule has 0 aromatic heterocycles. The van der Waals surface area contributed by atoms with Crippen molar-refractivity contribution in [3.63, 3.8) is 0 Å². The first-order valence-electron chi connectivity index (χ1n) is 6.48. The highest BCUT2D eigenvalue weighted by molar-refractivity contribution is 5.85. The van der Waals surface area contributed by atoms with Gasteiger partial charge in [-0.2, -0.15) is 0 Å². The van der Waals surface area contributed by atoms with Gasteiger partial charge in [0.2, 0.25) is 0 Å². The van der Waals surface area contributed by atoms with Crippen molar-refractivity contribution in [2.75, 3.05) is 18.0 Å². The Morgan fingerprint density at radius 2 is 1.89 bits per heavy atom. The van der Waals surface area contributed by atoms with Gasteiger partial charge in [0.25, 0.3) is 0 Å². The van der Waals surface area contributed by atoms with Crippen LogP contribution in [0.25, 0.3) is 0 Å². The molecule has 1 aliphatic heterocycles. The molecule has 4 nitrogen and oxygen atoms in total. The lowest BCUT2D eigenvalue weighted by Crippen LogP contribution is -2.34. The number of carbonyl (C=O) groups is 1. The molecule has 3 N–H and O–H groups in total. The Kier molecular flexibility index (Phi) is 2.55. The smallest absolute Gasteiger partial charge is 0.324 e. The maximum Gasteiger partial charge on any atom is 0.324 e. The number of nitrogens with two attached hydrogens (primary N) is 1. The van der Waals surface area contributed by atoms with E-state index in [1.165, 1.54) is 18.5 Å². The SMILES string of the molecule is NC1(C(=O)O)CC1c1ccc(N2CCCC2)cc1. The van der Waals surface area contributed by atoms with E-state index in [1.54, 1.807) is 0 Å². The van der Waals surface area contributed by atoms with E-state index in [1.807, 2.05) is 12.1 Å². The zero-order valence-electron chi connectivity index (χ0n) is 10.3. The van der Waals surface area contributed by atoms with Crippen LogP contribution >= 0.6 is 0 Å². The van der Waals surface area contributed by atoms with Crippen molar-refractivity contribution in [1.82, 2.24) is 0 Å². The zero-order valence-corrected chi connectivity index (χ0v) is 10.3. The molecule has 18 heavy (non-hydrogen) atoms. The van der Waals surface area contributed by atoms with Crippen LogP contribution in [0, 0.1) is 0 Å². The lowest BCUT2D eigenvalue weighted by Gasteiger charge is -2.17. The fourth-order valence-electron chi connectivity index (χ4n) is 2.82. The molecule has 1 aromatic rings. The van der Waals surface area contributed by atoms with Crippen LogP contribution in [0.4, 0.5) is 5.69 Å². The fourth-order valence-corrected chi connectivity index (χ4v) is 2.82. The maximum absolute atomic E-state index is 11.0. The van der Waals surface area contributed by atoms with Crippen molar-refractivity contribution >= 4 is 11.7 Å². The van der Waals surface area contributed by atoms with Crippen LogP contribution in [0.2, 0.25) is 0 Å². The van der Waals surface area contributed by atoms with Crippen molar-refractivity contribution in [2.45, 2.75) is 30.7 Å². The molecule has 1 heterocycles. The molecule has 2 aliphatic rings. The van der Waals surface area contributed by atoms with Crippen molar-refractivity contribution in [1.29, 1.82) is 0 Å². The lowest BCUT2D eigenvalue weighted by molar-refractivity contribution is -0.139. The number of carboxylic acids is 1. The van der Waals surface area contributed by atoms with Crippen LogP contribution in [0.5, 0.6) is 0 Å². The summed E-state index contributed by atoms with van der Waals surface area (Å²) in [6, 6.07) is 8.22. The number of aliphatic carboxylic acids is 1. The van der Waals surface area contributed by atoms with E-state index < -0.39 is 11.5 Å². The molecule has 0 spiro atoms. The molecule has 1 saturated heterocycles. The summed E-state index contributed by atoms with van der Waals surface area (Å²) in [5.74, 6) is -0.918. The predicted molar refractivity (Wildman–Crippen MR) is 69.8 cm³/mol. The highest BCUT2D eigenvalue weighted by atomic mass is 16.4. The van der Waals surface area contributed by atoms with Gasteiger partial charge in [-0.05, 0) is 37.0 Å². The topological polar surface area (TPSA) is 66.6 Å². The minimum Gasteiger partial charge on any atom is -0.480 e. The second-order valence-electron chi connectivity index (χ2n) is 5.39. The molecule has 0 radical (unpaired) electrons. The first kappa shape index (κ1) is 11.5. The Bertz CT molecular complexity index is 465. The van der Waals surface area contributed by atoms with Crippen molar-refractivity contribution in [2.24, 2.45) is 5.73 Å². The summed E-state index contributed by atoms with van der Waals surface area (Å²) < 4.78 is 0. The molecule has 4 heteroatoms. The lowest BCUT2D eigenvalue weighted by atomic mass is 10.1. The number of carboxylic acid groups (broad SMARTS) is 1. The van der Waals surface area contributed by atoms with Gasteiger partial charge in [0.1, 0.15) is 5.54 Å². The molecular weight excluding hydrogens is 228 g/mol. The van der Waals surface area contributed by atoms with Crippen LogP contribution < -0.4 is 10.6 Å². The predicted octanol–water partition coefficient (Wildman–Crippen LogP) is 1.56. The highest BCUT2D eigenvalue weighted by Gasteiger charge is 2.58. The van der Waals surface area contributed by atoms with Gasteiger partial charge in [0.05, 0.1) is 0 Å².